The summed E-state index contributed by atoms with van der Waals surface area (Å²) in [7, 11) is 0. The summed E-state index contributed by atoms with van der Waals surface area (Å²) in [6.07, 6.45) is 5.00. The van der Waals surface area contributed by atoms with Gasteiger partial charge in [-0.25, -0.2) is 4.79 Å². The van der Waals surface area contributed by atoms with Crippen molar-refractivity contribution in [1.82, 2.24) is 20.0 Å². The third-order valence-corrected chi connectivity index (χ3v) is 8.39. The minimum absolute atomic E-state index is 0.0914. The van der Waals surface area contributed by atoms with Gasteiger partial charge in [-0.05, 0) is 58.1 Å². The van der Waals surface area contributed by atoms with Gasteiger partial charge in [-0.15, -0.1) is 0 Å². The average molecular weight is 565 g/mol. The lowest BCUT2D eigenvalue weighted by Crippen LogP contribution is -2.52. The van der Waals surface area contributed by atoms with E-state index >= 15 is 0 Å². The van der Waals surface area contributed by atoms with Crippen LogP contribution in [0.1, 0.15) is 75.0 Å². The Bertz CT molecular complexity index is 1360. The molecule has 1 aliphatic carbocycles. The quantitative estimate of drug-likeness (QED) is 0.374. The van der Waals surface area contributed by atoms with Gasteiger partial charge in [0.15, 0.2) is 0 Å². The number of nitrogens with two attached hydrogens (primary N) is 1. The average Bonchev–Trinajstić information content (AvgIpc) is 3.37. The number of esters is 1. The highest BCUT2D eigenvalue weighted by atomic mass is 16.5. The molecule has 2 aliphatic heterocycles. The second kappa shape index (κ2) is 10.9. The Morgan fingerprint density at radius 2 is 1.98 bits per heavy atom. The summed E-state index contributed by atoms with van der Waals surface area (Å²) < 4.78 is 7.01. The number of hydrogen-bond donors (Lipinski definition) is 3. The van der Waals surface area contributed by atoms with Gasteiger partial charge in [0.25, 0.3) is 0 Å². The van der Waals surface area contributed by atoms with E-state index in [-0.39, 0.29) is 36.9 Å². The number of ether oxygens (including phenoxy) is 1. The number of likely N-dealkylation sites (tertiary alicyclic amines) is 1. The maximum Gasteiger partial charge on any atom is 0.341 e. The lowest BCUT2D eigenvalue weighted by molar-refractivity contribution is -0.139. The molecule has 3 atom stereocenters. The van der Waals surface area contributed by atoms with Crippen LogP contribution < -0.4 is 16.4 Å². The van der Waals surface area contributed by atoms with Crippen molar-refractivity contribution >= 4 is 29.4 Å². The van der Waals surface area contributed by atoms with Gasteiger partial charge in [0.05, 0.1) is 29.3 Å². The van der Waals surface area contributed by atoms with Crippen molar-refractivity contribution in [3.8, 4) is 0 Å². The molecule has 220 valence electrons. The summed E-state index contributed by atoms with van der Waals surface area (Å²) in [5.74, 6) is -1.08. The molecule has 5 rings (SSSR count). The summed E-state index contributed by atoms with van der Waals surface area (Å²) in [5.41, 5.74) is 6.97. The standard InChI is InChI=1S/C30H40N6O5/c1-5-41-27(39)19-16-36(29(2,3)4)34-21(19)12-13-32-23(14-18-10-11-18)26(38)35-17-30(15-24(35)25(31)37)20-8-6-7-9-22(20)33-28(30)40/h6-9,16,18,23-24,32H,5,10-15,17H2,1-4H3,(H2,31,37)(H,33,40)/t23-,24-,30-/m0/s1. The maximum atomic E-state index is 14.1. The van der Waals surface area contributed by atoms with Crippen LogP contribution in [0.5, 0.6) is 0 Å². The third kappa shape index (κ3) is 5.59. The van der Waals surface area contributed by atoms with Crippen LogP contribution in [0.3, 0.4) is 0 Å². The Labute approximate surface area is 240 Å². The van der Waals surface area contributed by atoms with Gasteiger partial charge in [0.1, 0.15) is 11.6 Å². The van der Waals surface area contributed by atoms with Gasteiger partial charge in [-0.1, -0.05) is 31.0 Å². The number of hydrogen-bond acceptors (Lipinski definition) is 7. The van der Waals surface area contributed by atoms with Crippen molar-refractivity contribution < 1.29 is 23.9 Å². The van der Waals surface area contributed by atoms with Gasteiger partial charge < -0.3 is 26.0 Å². The van der Waals surface area contributed by atoms with E-state index in [2.05, 4.69) is 15.7 Å². The minimum atomic E-state index is -1.01. The Kier molecular flexibility index (Phi) is 7.67. The second-order valence-corrected chi connectivity index (χ2v) is 12.4. The fourth-order valence-corrected chi connectivity index (χ4v) is 5.97. The van der Waals surface area contributed by atoms with E-state index in [1.54, 1.807) is 17.8 Å². The summed E-state index contributed by atoms with van der Waals surface area (Å²) in [4.78, 5) is 54.0. The monoisotopic (exact) mass is 564 g/mol. The molecule has 11 heteroatoms. The number of amides is 3. The van der Waals surface area contributed by atoms with Crippen molar-refractivity contribution in [2.24, 2.45) is 11.7 Å². The molecule has 11 nitrogen and oxygen atoms in total. The number of rotatable bonds is 10. The molecule has 1 saturated carbocycles. The Morgan fingerprint density at radius 1 is 1.24 bits per heavy atom. The first-order chi connectivity index (χ1) is 19.4. The van der Waals surface area contributed by atoms with Crippen molar-refractivity contribution in [1.29, 1.82) is 0 Å². The van der Waals surface area contributed by atoms with Crippen LogP contribution in [0, 0.1) is 5.92 Å². The van der Waals surface area contributed by atoms with Crippen LogP contribution in [-0.4, -0.2) is 70.2 Å². The fourth-order valence-electron chi connectivity index (χ4n) is 5.97. The van der Waals surface area contributed by atoms with E-state index in [9.17, 15) is 19.2 Å². The maximum absolute atomic E-state index is 14.1. The van der Waals surface area contributed by atoms with E-state index in [1.165, 1.54) is 4.90 Å². The number of anilines is 1. The first-order valence-corrected chi connectivity index (χ1v) is 14.4. The predicted octanol–water partition coefficient (Wildman–Crippen LogP) is 2.09. The molecule has 0 bridgehead atoms. The van der Waals surface area contributed by atoms with Crippen LogP contribution in [-0.2, 0) is 36.5 Å². The van der Waals surface area contributed by atoms with Crippen molar-refractivity contribution in [3.63, 3.8) is 0 Å². The number of benzene rings is 1. The van der Waals surface area contributed by atoms with E-state index in [1.807, 2.05) is 45.0 Å². The van der Waals surface area contributed by atoms with E-state index in [4.69, 9.17) is 10.5 Å². The van der Waals surface area contributed by atoms with E-state index < -0.39 is 29.4 Å². The molecule has 0 unspecified atom stereocenters. The Balaban J connectivity index is 1.35. The number of para-hydroxylation sites is 1. The number of aromatic nitrogens is 2. The SMILES string of the molecule is CCOC(=O)c1cn(C(C)(C)C)nc1CCN[C@@H](CC1CC1)C(=O)N1C[C@]2(C[C@H]1C(N)=O)C(=O)Nc1ccccc12. The first kappa shape index (κ1) is 28.8. The smallest absolute Gasteiger partial charge is 0.341 e. The molecule has 0 radical (unpaired) electrons. The number of fused-ring (bicyclic) bond motifs is 2. The molecule has 3 aliphatic rings. The Morgan fingerprint density at radius 3 is 2.63 bits per heavy atom. The van der Waals surface area contributed by atoms with Crippen LogP contribution >= 0.6 is 0 Å². The van der Waals surface area contributed by atoms with Gasteiger partial charge in [-0.2, -0.15) is 5.10 Å². The van der Waals surface area contributed by atoms with Crippen molar-refractivity contribution in [3.05, 3.63) is 47.3 Å². The molecule has 1 spiro atoms. The number of carbonyl (C=O) groups is 4. The molecule has 3 heterocycles. The van der Waals surface area contributed by atoms with Crippen molar-refractivity contribution in [2.45, 2.75) is 82.8 Å². The number of primary amides is 1. The molecular weight excluding hydrogens is 524 g/mol. The zero-order chi connectivity index (χ0) is 29.5. The number of nitrogens with one attached hydrogen (secondary N) is 2. The largest absolute Gasteiger partial charge is 0.462 e. The molecule has 1 aromatic heterocycles. The van der Waals surface area contributed by atoms with Crippen LogP contribution in [0.25, 0.3) is 0 Å². The van der Waals surface area contributed by atoms with Gasteiger partial charge in [0.2, 0.25) is 17.7 Å². The molecule has 2 fully saturated rings. The van der Waals surface area contributed by atoms with Gasteiger partial charge >= 0.3 is 5.97 Å². The molecule has 1 saturated heterocycles. The first-order valence-electron chi connectivity index (χ1n) is 14.4. The molecule has 3 amide bonds. The summed E-state index contributed by atoms with van der Waals surface area (Å²) in [6, 6.07) is 5.95. The van der Waals surface area contributed by atoms with E-state index in [0.29, 0.717) is 42.2 Å². The normalized spacial score (nSPS) is 22.5. The molecule has 4 N–H and O–H groups in total. The van der Waals surface area contributed by atoms with Gasteiger partial charge in [0, 0.05) is 31.4 Å². The molecule has 41 heavy (non-hydrogen) atoms. The van der Waals surface area contributed by atoms with Gasteiger partial charge in [-0.3, -0.25) is 19.1 Å². The van der Waals surface area contributed by atoms with E-state index in [0.717, 1.165) is 18.4 Å². The van der Waals surface area contributed by atoms with Crippen LogP contribution in [0.2, 0.25) is 0 Å². The molecule has 1 aromatic carbocycles. The zero-order valence-corrected chi connectivity index (χ0v) is 24.2. The predicted molar refractivity (Wildman–Crippen MR) is 152 cm³/mol. The minimum Gasteiger partial charge on any atom is -0.462 e. The molecular formula is C30H40N6O5. The lowest BCUT2D eigenvalue weighted by atomic mass is 9.79. The highest BCUT2D eigenvalue weighted by molar-refractivity contribution is 6.08. The zero-order valence-electron chi connectivity index (χ0n) is 24.2. The number of carbonyl (C=O) groups excluding carboxylic acids is 4. The Hall–Kier alpha value is -3.73. The highest BCUT2D eigenvalue weighted by Gasteiger charge is 2.57. The number of nitrogens with zero attached hydrogens (tertiary/aromatic N) is 3. The fraction of sp³-hybridized carbons (Fsp3) is 0.567. The van der Waals surface area contributed by atoms with Crippen LogP contribution in [0.15, 0.2) is 30.5 Å². The highest BCUT2D eigenvalue weighted by Crippen LogP contribution is 2.46. The summed E-state index contributed by atoms with van der Waals surface area (Å²) >= 11 is 0. The van der Waals surface area contributed by atoms with Crippen LogP contribution in [0.4, 0.5) is 5.69 Å². The lowest BCUT2D eigenvalue weighted by Gasteiger charge is -2.28. The third-order valence-electron chi connectivity index (χ3n) is 8.39. The molecule has 2 aromatic rings. The summed E-state index contributed by atoms with van der Waals surface area (Å²) in [6.45, 7) is 8.51. The summed E-state index contributed by atoms with van der Waals surface area (Å²) in [5, 5.41) is 11.0. The second-order valence-electron chi connectivity index (χ2n) is 12.4. The van der Waals surface area contributed by atoms with Crippen molar-refractivity contribution in [2.75, 3.05) is 25.0 Å². The topological polar surface area (TPSA) is 149 Å².